The Morgan fingerprint density at radius 3 is 2.78 bits per heavy atom. The smallest absolute Gasteiger partial charge is 0.318 e. The van der Waals surface area contributed by atoms with Gasteiger partial charge in [-0.1, -0.05) is 0 Å². The summed E-state index contributed by atoms with van der Waals surface area (Å²) in [5, 5.41) is 0. The first kappa shape index (κ1) is 8.91. The highest BCUT2D eigenvalue weighted by molar-refractivity contribution is 7.98. The molecule has 54 valence electrons. The lowest BCUT2D eigenvalue weighted by molar-refractivity contribution is -0.130. The lowest BCUT2D eigenvalue weighted by atomic mass is 10.3. The Kier molecular flexibility index (Phi) is 4.71. The second-order valence-corrected chi connectivity index (χ2v) is 2.68. The van der Waals surface area contributed by atoms with Gasteiger partial charge in [-0.05, 0) is 18.4 Å². The molecule has 0 saturated carbocycles. The summed E-state index contributed by atoms with van der Waals surface area (Å²) in [5.74, 6) is 0.733. The van der Waals surface area contributed by atoms with E-state index in [1.54, 1.807) is 11.8 Å². The fraction of sp³-hybridized carbons (Fsp3) is 0.800. The van der Waals surface area contributed by atoms with Crippen molar-refractivity contribution in [2.24, 2.45) is 5.73 Å². The maximum Gasteiger partial charge on any atom is 0.318 e. The molecule has 0 spiro atoms. The second-order valence-electron chi connectivity index (χ2n) is 1.69. The van der Waals surface area contributed by atoms with Gasteiger partial charge in [0.2, 0.25) is 0 Å². The van der Waals surface area contributed by atoms with Crippen LogP contribution in [0.15, 0.2) is 0 Å². The van der Waals surface area contributed by atoms with E-state index in [9.17, 15) is 9.18 Å². The number of halogens is 1. The van der Waals surface area contributed by atoms with Crippen molar-refractivity contribution in [2.75, 3.05) is 12.0 Å². The maximum absolute atomic E-state index is 11.6. The molecular formula is C5H10FNOS. The third kappa shape index (κ3) is 4.42. The van der Waals surface area contributed by atoms with E-state index in [1.165, 1.54) is 0 Å². The van der Waals surface area contributed by atoms with Crippen molar-refractivity contribution >= 4 is 17.8 Å². The van der Waals surface area contributed by atoms with Crippen molar-refractivity contribution in [3.8, 4) is 0 Å². The highest BCUT2D eigenvalue weighted by Crippen LogP contribution is 1.99. The highest BCUT2D eigenvalue weighted by atomic mass is 32.2. The van der Waals surface area contributed by atoms with Crippen LogP contribution in [0.2, 0.25) is 0 Å². The van der Waals surface area contributed by atoms with Crippen LogP contribution in [0, 0.1) is 0 Å². The Balaban J connectivity index is 3.27. The van der Waals surface area contributed by atoms with Crippen molar-refractivity contribution < 1.29 is 9.18 Å². The first-order chi connectivity index (χ1) is 4.18. The van der Waals surface area contributed by atoms with Crippen LogP contribution in [0.3, 0.4) is 0 Å². The molecule has 0 aromatic rings. The van der Waals surface area contributed by atoms with Crippen molar-refractivity contribution in [2.45, 2.75) is 12.5 Å². The average molecular weight is 151 g/mol. The Bertz CT molecular complexity index is 99.0. The fourth-order valence-electron chi connectivity index (χ4n) is 0.358. The zero-order chi connectivity index (χ0) is 7.28. The van der Waals surface area contributed by atoms with Crippen molar-refractivity contribution in [3.05, 3.63) is 0 Å². The summed E-state index contributed by atoms with van der Waals surface area (Å²) in [6.07, 6.45) is 2.31. The van der Waals surface area contributed by atoms with Crippen LogP contribution in [-0.4, -0.2) is 24.1 Å². The minimum Gasteiger partial charge on any atom is -0.319 e. The van der Waals surface area contributed by atoms with E-state index in [2.05, 4.69) is 0 Å². The molecule has 1 atom stereocenters. The van der Waals surface area contributed by atoms with Crippen LogP contribution in [0.4, 0.5) is 4.39 Å². The largest absolute Gasteiger partial charge is 0.319 e. The zero-order valence-corrected chi connectivity index (χ0v) is 6.08. The summed E-state index contributed by atoms with van der Waals surface area (Å²) in [7, 11) is 0. The van der Waals surface area contributed by atoms with Gasteiger partial charge in [0.15, 0.2) is 0 Å². The molecule has 0 heterocycles. The molecule has 9 heavy (non-hydrogen) atoms. The zero-order valence-electron chi connectivity index (χ0n) is 5.26. The Morgan fingerprint density at radius 1 is 1.89 bits per heavy atom. The summed E-state index contributed by atoms with van der Waals surface area (Å²) >= 11 is 1.55. The van der Waals surface area contributed by atoms with Crippen LogP contribution in [0.25, 0.3) is 0 Å². The van der Waals surface area contributed by atoms with Crippen molar-refractivity contribution in [3.63, 3.8) is 0 Å². The molecule has 0 bridgehead atoms. The number of carbonyl (C=O) groups excluding carboxylic acids is 1. The normalized spacial score (nSPS) is 13.2. The van der Waals surface area contributed by atoms with Gasteiger partial charge in [-0.3, -0.25) is 4.79 Å². The summed E-state index contributed by atoms with van der Waals surface area (Å²) < 4.78 is 11.6. The number of hydrogen-bond donors (Lipinski definition) is 1. The predicted octanol–water partition coefficient (Wildman–Crippen LogP) is 0.563. The Morgan fingerprint density at radius 2 is 2.44 bits per heavy atom. The second kappa shape index (κ2) is 4.76. The van der Waals surface area contributed by atoms with E-state index in [0.29, 0.717) is 6.42 Å². The number of hydrogen-bond acceptors (Lipinski definition) is 3. The van der Waals surface area contributed by atoms with Gasteiger partial charge in [-0.2, -0.15) is 16.2 Å². The monoisotopic (exact) mass is 151 g/mol. The Labute approximate surface area is 58.0 Å². The molecule has 0 aliphatic rings. The predicted molar refractivity (Wildman–Crippen MR) is 37.1 cm³/mol. The molecule has 0 radical (unpaired) electrons. The molecular weight excluding hydrogens is 141 g/mol. The lowest BCUT2D eigenvalue weighted by Gasteiger charge is -2.00. The number of carbonyl (C=O) groups is 1. The molecule has 2 N–H and O–H groups in total. The van der Waals surface area contributed by atoms with E-state index in [-0.39, 0.29) is 0 Å². The molecule has 0 amide bonds. The quantitative estimate of drug-likeness (QED) is 0.597. The van der Waals surface area contributed by atoms with Crippen molar-refractivity contribution in [1.29, 1.82) is 0 Å². The summed E-state index contributed by atoms with van der Waals surface area (Å²) in [4.78, 5) is 9.85. The van der Waals surface area contributed by atoms with E-state index in [4.69, 9.17) is 5.73 Å². The molecule has 0 fully saturated rings. The van der Waals surface area contributed by atoms with E-state index >= 15 is 0 Å². The molecule has 0 unspecified atom stereocenters. The molecule has 0 aromatic carbocycles. The van der Waals surface area contributed by atoms with Crippen LogP contribution >= 0.6 is 11.8 Å². The van der Waals surface area contributed by atoms with Gasteiger partial charge in [0.25, 0.3) is 0 Å². The number of rotatable bonds is 4. The van der Waals surface area contributed by atoms with Crippen LogP contribution in [-0.2, 0) is 4.79 Å². The first-order valence-electron chi connectivity index (χ1n) is 2.62. The molecule has 0 aliphatic carbocycles. The third-order valence-electron chi connectivity index (χ3n) is 0.924. The topological polar surface area (TPSA) is 43.1 Å². The molecule has 4 heteroatoms. The van der Waals surface area contributed by atoms with Gasteiger partial charge in [0.05, 0.1) is 6.04 Å². The van der Waals surface area contributed by atoms with E-state index in [0.717, 1.165) is 5.75 Å². The van der Waals surface area contributed by atoms with Gasteiger partial charge in [-0.15, -0.1) is 0 Å². The fourth-order valence-corrected chi connectivity index (χ4v) is 0.848. The van der Waals surface area contributed by atoms with Crippen LogP contribution < -0.4 is 5.73 Å². The van der Waals surface area contributed by atoms with Crippen molar-refractivity contribution in [1.82, 2.24) is 0 Å². The SMILES string of the molecule is CSCC[C@H](N)C(=O)F. The lowest BCUT2D eigenvalue weighted by Crippen LogP contribution is -2.27. The number of thioether (sulfide) groups is 1. The standard InChI is InChI=1S/C5H10FNOS/c1-9-3-2-4(7)5(6)8/h4H,2-3,7H2,1H3/t4-/m0/s1. The molecule has 0 aromatic heterocycles. The van der Waals surface area contributed by atoms with Crippen LogP contribution in [0.1, 0.15) is 6.42 Å². The Hall–Kier alpha value is -0.0900. The third-order valence-corrected chi connectivity index (χ3v) is 1.57. The first-order valence-corrected chi connectivity index (χ1v) is 4.01. The van der Waals surface area contributed by atoms with Crippen LogP contribution in [0.5, 0.6) is 0 Å². The van der Waals surface area contributed by atoms with Gasteiger partial charge in [-0.25, -0.2) is 0 Å². The van der Waals surface area contributed by atoms with Gasteiger partial charge in [0, 0.05) is 0 Å². The minimum atomic E-state index is -1.41. The molecule has 2 nitrogen and oxygen atoms in total. The minimum absolute atomic E-state index is 0.427. The molecule has 0 saturated heterocycles. The molecule has 0 aliphatic heterocycles. The number of nitrogens with two attached hydrogens (primary N) is 1. The highest BCUT2D eigenvalue weighted by Gasteiger charge is 2.10. The van der Waals surface area contributed by atoms with Gasteiger partial charge >= 0.3 is 6.04 Å². The molecule has 0 rings (SSSR count). The average Bonchev–Trinajstić information content (AvgIpc) is 1.82. The summed E-state index contributed by atoms with van der Waals surface area (Å²) in [5.41, 5.74) is 5.06. The van der Waals surface area contributed by atoms with Gasteiger partial charge in [0.1, 0.15) is 0 Å². The van der Waals surface area contributed by atoms with Gasteiger partial charge < -0.3 is 5.73 Å². The van der Waals surface area contributed by atoms with E-state index in [1.807, 2.05) is 6.26 Å². The summed E-state index contributed by atoms with van der Waals surface area (Å²) in [6, 6.07) is -2.32. The van der Waals surface area contributed by atoms with E-state index < -0.39 is 12.1 Å². The maximum atomic E-state index is 11.6. The summed E-state index contributed by atoms with van der Waals surface area (Å²) in [6.45, 7) is 0.